The van der Waals surface area contributed by atoms with Crippen LogP contribution in [0, 0.1) is 0 Å². The molecule has 138 valence electrons. The first kappa shape index (κ1) is 17.2. The van der Waals surface area contributed by atoms with Crippen LogP contribution in [0.15, 0.2) is 55.4 Å². The molecule has 8 heteroatoms. The summed E-state index contributed by atoms with van der Waals surface area (Å²) in [7, 11) is 0. The van der Waals surface area contributed by atoms with Crippen molar-refractivity contribution in [2.75, 3.05) is 13.2 Å². The Bertz CT molecular complexity index is 907. The summed E-state index contributed by atoms with van der Waals surface area (Å²) in [6.45, 7) is 1.58. The summed E-state index contributed by atoms with van der Waals surface area (Å²) < 4.78 is 12.9. The van der Waals surface area contributed by atoms with Crippen molar-refractivity contribution in [2.24, 2.45) is 0 Å². The van der Waals surface area contributed by atoms with Gasteiger partial charge in [0.2, 0.25) is 5.88 Å². The molecule has 1 N–H and O–H groups in total. The number of hydrogen-bond donors (Lipinski definition) is 1. The van der Waals surface area contributed by atoms with E-state index in [2.05, 4.69) is 20.3 Å². The van der Waals surface area contributed by atoms with Crippen LogP contribution < -0.4 is 10.1 Å². The molecule has 4 heterocycles. The lowest BCUT2D eigenvalue weighted by Gasteiger charge is -2.12. The van der Waals surface area contributed by atoms with E-state index in [1.165, 1.54) is 0 Å². The van der Waals surface area contributed by atoms with E-state index in [9.17, 15) is 4.79 Å². The number of amides is 1. The first-order valence-electron chi connectivity index (χ1n) is 8.70. The van der Waals surface area contributed by atoms with Crippen molar-refractivity contribution >= 4 is 5.91 Å². The molecule has 8 nitrogen and oxygen atoms in total. The number of hydrogen-bond acceptors (Lipinski definition) is 6. The number of ether oxygens (including phenoxy) is 2. The first-order valence-corrected chi connectivity index (χ1v) is 8.70. The van der Waals surface area contributed by atoms with Gasteiger partial charge in [0, 0.05) is 54.9 Å². The molecule has 1 fully saturated rings. The predicted molar refractivity (Wildman–Crippen MR) is 96.6 cm³/mol. The Hall–Kier alpha value is -3.26. The Kier molecular flexibility index (Phi) is 5.06. The highest BCUT2D eigenvalue weighted by Gasteiger charge is 2.18. The molecule has 1 atom stereocenters. The zero-order chi connectivity index (χ0) is 18.5. The first-order chi connectivity index (χ1) is 13.3. The molecule has 0 aromatic carbocycles. The number of aromatic nitrogens is 4. The summed E-state index contributed by atoms with van der Waals surface area (Å²) in [5.41, 5.74) is 1.38. The van der Waals surface area contributed by atoms with Crippen LogP contribution in [0.2, 0.25) is 0 Å². The van der Waals surface area contributed by atoms with Gasteiger partial charge in [0.1, 0.15) is 18.2 Å². The molecule has 0 aliphatic carbocycles. The predicted octanol–water partition coefficient (Wildman–Crippen LogP) is 1.76. The molecule has 1 unspecified atom stereocenters. The van der Waals surface area contributed by atoms with Gasteiger partial charge in [-0.15, -0.1) is 0 Å². The van der Waals surface area contributed by atoms with Crippen molar-refractivity contribution in [3.8, 4) is 11.7 Å². The van der Waals surface area contributed by atoms with Crippen LogP contribution in [0.4, 0.5) is 0 Å². The highest BCUT2D eigenvalue weighted by Crippen LogP contribution is 2.16. The van der Waals surface area contributed by atoms with Gasteiger partial charge in [-0.05, 0) is 12.1 Å². The van der Waals surface area contributed by atoms with Crippen LogP contribution in [0.5, 0.6) is 5.88 Å². The fraction of sp³-hybridized carbons (Fsp3) is 0.263. The van der Waals surface area contributed by atoms with Gasteiger partial charge in [0.15, 0.2) is 0 Å². The third kappa shape index (κ3) is 4.12. The minimum atomic E-state index is -0.203. The maximum atomic E-state index is 12.5. The fourth-order valence-corrected chi connectivity index (χ4v) is 2.85. The summed E-state index contributed by atoms with van der Waals surface area (Å²) in [6, 6.07) is 7.06. The van der Waals surface area contributed by atoms with E-state index in [1.807, 2.05) is 22.9 Å². The van der Waals surface area contributed by atoms with E-state index in [0.29, 0.717) is 31.2 Å². The second-order valence-electron chi connectivity index (χ2n) is 6.12. The van der Waals surface area contributed by atoms with E-state index < -0.39 is 0 Å². The van der Waals surface area contributed by atoms with Gasteiger partial charge in [-0.3, -0.25) is 9.36 Å². The maximum absolute atomic E-state index is 12.5. The summed E-state index contributed by atoms with van der Waals surface area (Å²) >= 11 is 0. The molecule has 0 spiro atoms. The van der Waals surface area contributed by atoms with Gasteiger partial charge in [-0.1, -0.05) is 6.07 Å². The molecule has 3 aromatic rings. The van der Waals surface area contributed by atoms with Crippen molar-refractivity contribution in [2.45, 2.75) is 19.1 Å². The summed E-state index contributed by atoms with van der Waals surface area (Å²) in [4.78, 5) is 25.1. The van der Waals surface area contributed by atoms with Crippen LogP contribution in [0.25, 0.3) is 5.82 Å². The largest absolute Gasteiger partial charge is 0.472 e. The van der Waals surface area contributed by atoms with Gasteiger partial charge in [0.25, 0.3) is 5.91 Å². The second kappa shape index (κ2) is 7.96. The van der Waals surface area contributed by atoms with E-state index in [4.69, 9.17) is 9.47 Å². The highest BCUT2D eigenvalue weighted by atomic mass is 16.5. The number of carbonyl (C=O) groups is 1. The number of imidazole rings is 1. The van der Waals surface area contributed by atoms with Crippen molar-refractivity contribution in [3.05, 3.63) is 66.5 Å². The molecule has 27 heavy (non-hydrogen) atoms. The normalized spacial score (nSPS) is 16.2. The van der Waals surface area contributed by atoms with Crippen LogP contribution >= 0.6 is 0 Å². The molecule has 4 rings (SSSR count). The zero-order valence-electron chi connectivity index (χ0n) is 14.6. The van der Waals surface area contributed by atoms with Crippen LogP contribution in [-0.2, 0) is 11.3 Å². The monoisotopic (exact) mass is 365 g/mol. The third-order valence-corrected chi connectivity index (χ3v) is 4.23. The van der Waals surface area contributed by atoms with E-state index in [0.717, 1.165) is 17.8 Å². The molecule has 0 saturated carbocycles. The summed E-state index contributed by atoms with van der Waals surface area (Å²) in [5.74, 6) is 0.958. The smallest absolute Gasteiger partial charge is 0.251 e. The van der Waals surface area contributed by atoms with Crippen molar-refractivity contribution < 1.29 is 14.3 Å². The average molecular weight is 365 g/mol. The molecule has 1 amide bonds. The lowest BCUT2D eigenvalue weighted by Crippen LogP contribution is -2.24. The van der Waals surface area contributed by atoms with Crippen molar-refractivity contribution in [1.82, 2.24) is 24.8 Å². The molecule has 3 aromatic heterocycles. The lowest BCUT2D eigenvalue weighted by molar-refractivity contribution is 0.0949. The molecule has 1 aliphatic heterocycles. The number of rotatable bonds is 6. The third-order valence-electron chi connectivity index (χ3n) is 4.23. The van der Waals surface area contributed by atoms with Gasteiger partial charge >= 0.3 is 0 Å². The van der Waals surface area contributed by atoms with Crippen molar-refractivity contribution in [1.29, 1.82) is 0 Å². The van der Waals surface area contributed by atoms with Crippen molar-refractivity contribution in [3.63, 3.8) is 0 Å². The van der Waals surface area contributed by atoms with Gasteiger partial charge in [0.05, 0.1) is 13.2 Å². The topological polar surface area (TPSA) is 91.2 Å². The number of nitrogens with zero attached hydrogens (tertiary/aromatic N) is 4. The summed E-state index contributed by atoms with van der Waals surface area (Å²) in [5, 5.41) is 2.92. The lowest BCUT2D eigenvalue weighted by atomic mass is 10.2. The Balaban J connectivity index is 1.43. The van der Waals surface area contributed by atoms with E-state index in [-0.39, 0.29) is 12.0 Å². The van der Waals surface area contributed by atoms with Gasteiger partial charge < -0.3 is 14.8 Å². The fourth-order valence-electron chi connectivity index (χ4n) is 2.85. The SMILES string of the molecule is O=C(NCc1cccnc1-n1ccnc1)c1ccnc(OC2CCOC2)c1. The quantitative estimate of drug-likeness (QED) is 0.716. The Morgan fingerprint density at radius 2 is 2.26 bits per heavy atom. The zero-order valence-corrected chi connectivity index (χ0v) is 14.6. The molecule has 0 radical (unpaired) electrons. The minimum absolute atomic E-state index is 0.0102. The van der Waals surface area contributed by atoms with Gasteiger partial charge in [-0.2, -0.15) is 0 Å². The minimum Gasteiger partial charge on any atom is -0.472 e. The molecular formula is C19H19N5O3. The molecular weight excluding hydrogens is 346 g/mol. The Labute approximate surface area is 156 Å². The van der Waals surface area contributed by atoms with Crippen LogP contribution in [0.1, 0.15) is 22.3 Å². The molecule has 1 saturated heterocycles. The molecule has 0 bridgehead atoms. The maximum Gasteiger partial charge on any atom is 0.251 e. The summed E-state index contributed by atoms with van der Waals surface area (Å²) in [6.07, 6.45) is 9.27. The highest BCUT2D eigenvalue weighted by molar-refractivity contribution is 5.94. The number of nitrogens with one attached hydrogen (secondary N) is 1. The Morgan fingerprint density at radius 1 is 1.30 bits per heavy atom. The average Bonchev–Trinajstić information content (AvgIpc) is 3.41. The van der Waals surface area contributed by atoms with Crippen LogP contribution in [-0.4, -0.2) is 44.7 Å². The molecule has 1 aliphatic rings. The van der Waals surface area contributed by atoms with E-state index >= 15 is 0 Å². The van der Waals surface area contributed by atoms with Gasteiger partial charge in [-0.25, -0.2) is 15.0 Å². The van der Waals surface area contributed by atoms with Crippen LogP contribution in [0.3, 0.4) is 0 Å². The Morgan fingerprint density at radius 3 is 3.07 bits per heavy atom. The second-order valence-corrected chi connectivity index (χ2v) is 6.12. The number of pyridine rings is 2. The van der Waals surface area contributed by atoms with E-state index in [1.54, 1.807) is 37.1 Å². The standard InChI is InChI=1S/C19H19N5O3/c25-19(14-3-6-21-17(10-14)27-16-4-9-26-12-16)23-11-15-2-1-5-22-18(15)24-8-7-20-13-24/h1-3,5-8,10,13,16H,4,9,11-12H2,(H,23,25). The number of carbonyl (C=O) groups excluding carboxylic acids is 1.